The molecular formula is C13H18ClNO. The van der Waals surface area contributed by atoms with Crippen molar-refractivity contribution in [2.24, 2.45) is 5.92 Å². The van der Waals surface area contributed by atoms with Gasteiger partial charge in [-0.25, -0.2) is 0 Å². The van der Waals surface area contributed by atoms with Gasteiger partial charge in [0.15, 0.2) is 0 Å². The van der Waals surface area contributed by atoms with Crippen molar-refractivity contribution in [1.29, 1.82) is 0 Å². The summed E-state index contributed by atoms with van der Waals surface area (Å²) >= 11 is 5.86. The molecule has 1 aromatic carbocycles. The van der Waals surface area contributed by atoms with Crippen LogP contribution >= 0.6 is 11.6 Å². The molecule has 0 aromatic heterocycles. The highest BCUT2D eigenvalue weighted by Crippen LogP contribution is 2.11. The van der Waals surface area contributed by atoms with Crippen molar-refractivity contribution in [3.63, 3.8) is 0 Å². The zero-order valence-electron chi connectivity index (χ0n) is 9.79. The SMILES string of the molecule is CCC(CC)C(=O)NCc1cccc(Cl)c1. The van der Waals surface area contributed by atoms with E-state index in [4.69, 9.17) is 11.6 Å². The lowest BCUT2D eigenvalue weighted by molar-refractivity contribution is -0.125. The first-order valence-electron chi connectivity index (χ1n) is 5.69. The van der Waals surface area contributed by atoms with Crippen LogP contribution in [0, 0.1) is 5.92 Å². The Morgan fingerprint density at radius 1 is 1.38 bits per heavy atom. The molecule has 88 valence electrons. The number of carbonyl (C=O) groups excluding carboxylic acids is 1. The first-order chi connectivity index (χ1) is 7.67. The van der Waals surface area contributed by atoms with Crippen LogP contribution in [-0.2, 0) is 11.3 Å². The van der Waals surface area contributed by atoms with Gasteiger partial charge in [0, 0.05) is 17.5 Å². The van der Waals surface area contributed by atoms with Gasteiger partial charge in [-0.15, -0.1) is 0 Å². The minimum atomic E-state index is 0.124. The summed E-state index contributed by atoms with van der Waals surface area (Å²) in [6, 6.07) is 7.54. The molecule has 0 aliphatic carbocycles. The molecule has 1 rings (SSSR count). The van der Waals surface area contributed by atoms with Gasteiger partial charge in [0.05, 0.1) is 0 Å². The van der Waals surface area contributed by atoms with Gasteiger partial charge in [-0.1, -0.05) is 37.6 Å². The highest BCUT2D eigenvalue weighted by Gasteiger charge is 2.12. The van der Waals surface area contributed by atoms with E-state index >= 15 is 0 Å². The van der Waals surface area contributed by atoms with Crippen molar-refractivity contribution in [3.05, 3.63) is 34.9 Å². The van der Waals surface area contributed by atoms with Crippen LogP contribution in [0.25, 0.3) is 0 Å². The average molecular weight is 240 g/mol. The minimum Gasteiger partial charge on any atom is -0.352 e. The van der Waals surface area contributed by atoms with Gasteiger partial charge >= 0.3 is 0 Å². The molecular weight excluding hydrogens is 222 g/mol. The molecule has 0 fully saturated rings. The van der Waals surface area contributed by atoms with Crippen LogP contribution in [0.1, 0.15) is 32.3 Å². The minimum absolute atomic E-state index is 0.124. The number of carbonyl (C=O) groups is 1. The third-order valence-corrected chi connectivity index (χ3v) is 2.95. The number of hydrogen-bond donors (Lipinski definition) is 1. The standard InChI is InChI=1S/C13H18ClNO/c1-3-11(4-2)13(16)15-9-10-6-5-7-12(14)8-10/h5-8,11H,3-4,9H2,1-2H3,(H,15,16). The quantitative estimate of drug-likeness (QED) is 0.839. The summed E-state index contributed by atoms with van der Waals surface area (Å²) in [7, 11) is 0. The molecule has 0 heterocycles. The van der Waals surface area contributed by atoms with E-state index in [0.717, 1.165) is 18.4 Å². The topological polar surface area (TPSA) is 29.1 Å². The number of benzene rings is 1. The van der Waals surface area contributed by atoms with Gasteiger partial charge < -0.3 is 5.32 Å². The summed E-state index contributed by atoms with van der Waals surface area (Å²) < 4.78 is 0. The van der Waals surface area contributed by atoms with E-state index in [1.165, 1.54) is 0 Å². The molecule has 0 unspecified atom stereocenters. The lowest BCUT2D eigenvalue weighted by Gasteiger charge is -2.12. The number of hydrogen-bond acceptors (Lipinski definition) is 1. The predicted molar refractivity (Wildman–Crippen MR) is 67.4 cm³/mol. The van der Waals surface area contributed by atoms with Gasteiger partial charge in [0.25, 0.3) is 0 Å². The second-order valence-corrected chi connectivity index (χ2v) is 4.30. The van der Waals surface area contributed by atoms with Crippen LogP contribution in [0.2, 0.25) is 5.02 Å². The zero-order valence-corrected chi connectivity index (χ0v) is 10.6. The number of halogens is 1. The molecule has 1 amide bonds. The predicted octanol–water partition coefficient (Wildman–Crippen LogP) is 3.39. The van der Waals surface area contributed by atoms with E-state index in [1.54, 1.807) is 0 Å². The van der Waals surface area contributed by atoms with Crippen LogP contribution in [-0.4, -0.2) is 5.91 Å². The molecule has 3 heteroatoms. The maximum atomic E-state index is 11.7. The summed E-state index contributed by atoms with van der Waals surface area (Å²) in [5.74, 6) is 0.254. The third-order valence-electron chi connectivity index (χ3n) is 2.71. The molecule has 0 spiro atoms. The molecule has 0 saturated heterocycles. The zero-order chi connectivity index (χ0) is 12.0. The van der Waals surface area contributed by atoms with Gasteiger partial charge in [-0.2, -0.15) is 0 Å². The Balaban J connectivity index is 2.48. The summed E-state index contributed by atoms with van der Waals surface area (Å²) in [6.07, 6.45) is 1.77. The van der Waals surface area contributed by atoms with Crippen molar-refractivity contribution in [2.75, 3.05) is 0 Å². The molecule has 0 bridgehead atoms. The second-order valence-electron chi connectivity index (χ2n) is 3.86. The van der Waals surface area contributed by atoms with Crippen LogP contribution < -0.4 is 5.32 Å². The average Bonchev–Trinajstić information content (AvgIpc) is 2.28. The lowest BCUT2D eigenvalue weighted by atomic mass is 10.0. The van der Waals surface area contributed by atoms with Crippen LogP contribution in [0.15, 0.2) is 24.3 Å². The van der Waals surface area contributed by atoms with Crippen LogP contribution in [0.4, 0.5) is 0 Å². The van der Waals surface area contributed by atoms with Crippen LogP contribution in [0.3, 0.4) is 0 Å². The lowest BCUT2D eigenvalue weighted by Crippen LogP contribution is -2.29. The molecule has 0 saturated carbocycles. The van der Waals surface area contributed by atoms with Gasteiger partial charge in [0.1, 0.15) is 0 Å². The maximum absolute atomic E-state index is 11.7. The van der Waals surface area contributed by atoms with Crippen molar-refractivity contribution in [2.45, 2.75) is 33.2 Å². The first kappa shape index (κ1) is 13.0. The van der Waals surface area contributed by atoms with E-state index in [1.807, 2.05) is 38.1 Å². The van der Waals surface area contributed by atoms with E-state index in [9.17, 15) is 4.79 Å². The van der Waals surface area contributed by atoms with E-state index < -0.39 is 0 Å². The van der Waals surface area contributed by atoms with Gasteiger partial charge in [0.2, 0.25) is 5.91 Å². The number of rotatable bonds is 5. The van der Waals surface area contributed by atoms with E-state index in [0.29, 0.717) is 11.6 Å². The second kappa shape index (κ2) is 6.54. The summed E-state index contributed by atoms with van der Waals surface area (Å²) in [5, 5.41) is 3.63. The van der Waals surface area contributed by atoms with Crippen molar-refractivity contribution in [1.82, 2.24) is 5.32 Å². The highest BCUT2D eigenvalue weighted by atomic mass is 35.5. The normalized spacial score (nSPS) is 10.5. The maximum Gasteiger partial charge on any atom is 0.223 e. The number of nitrogens with one attached hydrogen (secondary N) is 1. The molecule has 0 atom stereocenters. The van der Waals surface area contributed by atoms with Crippen molar-refractivity contribution < 1.29 is 4.79 Å². The Kier molecular flexibility index (Phi) is 5.33. The third kappa shape index (κ3) is 3.86. The number of amides is 1. The largest absolute Gasteiger partial charge is 0.352 e. The Labute approximate surface area is 102 Å². The fraction of sp³-hybridized carbons (Fsp3) is 0.462. The fourth-order valence-electron chi connectivity index (χ4n) is 1.64. The summed E-state index contributed by atoms with van der Waals surface area (Å²) in [6.45, 7) is 4.62. The summed E-state index contributed by atoms with van der Waals surface area (Å²) in [4.78, 5) is 11.7. The summed E-state index contributed by atoms with van der Waals surface area (Å²) in [5.41, 5.74) is 1.03. The van der Waals surface area contributed by atoms with E-state index in [-0.39, 0.29) is 11.8 Å². The Bertz CT molecular complexity index is 348. The molecule has 0 aliphatic heterocycles. The molecule has 1 N–H and O–H groups in total. The van der Waals surface area contributed by atoms with E-state index in [2.05, 4.69) is 5.32 Å². The molecule has 1 aromatic rings. The highest BCUT2D eigenvalue weighted by molar-refractivity contribution is 6.30. The monoisotopic (exact) mass is 239 g/mol. The molecule has 0 radical (unpaired) electrons. The molecule has 2 nitrogen and oxygen atoms in total. The first-order valence-corrected chi connectivity index (χ1v) is 6.07. The Morgan fingerprint density at radius 3 is 2.62 bits per heavy atom. The van der Waals surface area contributed by atoms with Crippen LogP contribution in [0.5, 0.6) is 0 Å². The molecule has 0 aliphatic rings. The van der Waals surface area contributed by atoms with Gasteiger partial charge in [-0.3, -0.25) is 4.79 Å². The fourth-order valence-corrected chi connectivity index (χ4v) is 1.85. The van der Waals surface area contributed by atoms with Crippen molar-refractivity contribution in [3.8, 4) is 0 Å². The Hall–Kier alpha value is -1.02. The Morgan fingerprint density at radius 2 is 2.06 bits per heavy atom. The molecule has 16 heavy (non-hydrogen) atoms. The van der Waals surface area contributed by atoms with Crippen molar-refractivity contribution >= 4 is 17.5 Å². The van der Waals surface area contributed by atoms with Gasteiger partial charge in [-0.05, 0) is 30.5 Å². The smallest absolute Gasteiger partial charge is 0.223 e.